The molecule has 0 aliphatic rings. The minimum atomic E-state index is -0.0482. The van der Waals surface area contributed by atoms with Crippen molar-refractivity contribution in [1.29, 1.82) is 0 Å². The monoisotopic (exact) mass is 891 g/mol. The Kier molecular flexibility index (Phi) is 8.70. The lowest BCUT2D eigenvalue weighted by atomic mass is 9.84. The van der Waals surface area contributed by atoms with E-state index in [1.54, 1.807) is 0 Å². The fourth-order valence-electron chi connectivity index (χ4n) is 11.4. The van der Waals surface area contributed by atoms with E-state index >= 15 is 0 Å². The predicted octanol–water partition coefficient (Wildman–Crippen LogP) is 18.7. The second kappa shape index (κ2) is 14.5. The van der Waals surface area contributed by atoms with Crippen molar-refractivity contribution in [2.24, 2.45) is 0 Å². The van der Waals surface area contributed by atoms with E-state index in [-0.39, 0.29) is 16.2 Å². The number of hydrogen-bond donors (Lipinski definition) is 0. The zero-order chi connectivity index (χ0) is 47.3. The number of fused-ring (bicyclic) bond motifs is 12. The van der Waals surface area contributed by atoms with E-state index in [9.17, 15) is 0 Å². The molecule has 0 aliphatic carbocycles. The summed E-state index contributed by atoms with van der Waals surface area (Å²) in [6.45, 7) is 21.1. The quantitative estimate of drug-likeness (QED) is 0.168. The standard InChI is InChI=1S/C66H57N3/c1-64(2,3)43-26-30-57-50(32-43)54-34-45(66(7,8)9)36-56-51-39-61-52(38-60(51)68(57)63(54)56)55-35-44(65(4,5)6)33-53-49-29-27-47(37-59(49)69(61)62(53)55)67(46-23-17-12-18-24-46)58-31-42(40-19-13-10-14-20-40)25-28-48(58)41-21-15-11-16-22-41/h10-39H,1-9H3. The van der Waals surface area contributed by atoms with Gasteiger partial charge in [-0.25, -0.2) is 0 Å². The fourth-order valence-corrected chi connectivity index (χ4v) is 11.4. The molecule has 336 valence electrons. The first-order valence-electron chi connectivity index (χ1n) is 24.7. The topological polar surface area (TPSA) is 12.1 Å². The van der Waals surface area contributed by atoms with Crippen molar-refractivity contribution in [1.82, 2.24) is 8.80 Å². The van der Waals surface area contributed by atoms with Gasteiger partial charge in [0.25, 0.3) is 0 Å². The van der Waals surface area contributed by atoms with Crippen molar-refractivity contribution >= 4 is 93.3 Å². The van der Waals surface area contributed by atoms with Gasteiger partial charge in [0.05, 0.1) is 38.8 Å². The first kappa shape index (κ1) is 41.6. The van der Waals surface area contributed by atoms with Gasteiger partial charge in [-0.3, -0.25) is 0 Å². The van der Waals surface area contributed by atoms with Gasteiger partial charge < -0.3 is 13.7 Å². The Morgan fingerprint density at radius 3 is 1.32 bits per heavy atom. The maximum absolute atomic E-state index is 2.60. The van der Waals surface area contributed by atoms with Crippen LogP contribution >= 0.6 is 0 Å². The summed E-state index contributed by atoms with van der Waals surface area (Å²) < 4.78 is 5.17. The van der Waals surface area contributed by atoms with Crippen LogP contribution in [-0.2, 0) is 16.2 Å². The largest absolute Gasteiger partial charge is 0.310 e. The van der Waals surface area contributed by atoms with Gasteiger partial charge in [-0.1, -0.05) is 165 Å². The number of anilines is 3. The molecule has 4 aromatic heterocycles. The minimum Gasteiger partial charge on any atom is -0.310 e. The van der Waals surface area contributed by atoms with Crippen molar-refractivity contribution in [2.45, 2.75) is 78.6 Å². The number of benzene rings is 9. The van der Waals surface area contributed by atoms with Crippen LogP contribution in [0.5, 0.6) is 0 Å². The summed E-state index contributed by atoms with van der Waals surface area (Å²) >= 11 is 0. The van der Waals surface area contributed by atoms with Crippen molar-refractivity contribution in [2.75, 3.05) is 4.90 Å². The van der Waals surface area contributed by atoms with Crippen LogP contribution in [0.25, 0.3) is 98.4 Å². The SMILES string of the molecule is CC(C)(C)c1ccc2c(c1)c1cc(C(C)(C)C)cc3c4cc5c(cc4n2c13)c1cc(C(C)(C)C)cc2c3ccc(N(c4ccccc4)c4cc(-c6ccccc6)ccc4-c4ccccc4)cc3n5c21. The number of nitrogens with zero attached hydrogens (tertiary/aromatic N) is 3. The van der Waals surface area contributed by atoms with Gasteiger partial charge in [0, 0.05) is 60.0 Å². The second-order valence-corrected chi connectivity index (χ2v) is 22.7. The molecule has 0 fully saturated rings. The predicted molar refractivity (Wildman–Crippen MR) is 297 cm³/mol. The first-order chi connectivity index (χ1) is 33.1. The Morgan fingerprint density at radius 1 is 0.304 bits per heavy atom. The van der Waals surface area contributed by atoms with Crippen molar-refractivity contribution < 1.29 is 0 Å². The molecule has 13 rings (SSSR count). The van der Waals surface area contributed by atoms with Gasteiger partial charge in [-0.2, -0.15) is 0 Å². The van der Waals surface area contributed by atoms with Crippen LogP contribution in [0.4, 0.5) is 17.1 Å². The molecule has 3 nitrogen and oxygen atoms in total. The van der Waals surface area contributed by atoms with E-state index < -0.39 is 0 Å². The smallest absolute Gasteiger partial charge is 0.0620 e. The molecule has 9 aromatic carbocycles. The maximum Gasteiger partial charge on any atom is 0.0620 e. The molecule has 0 aliphatic heterocycles. The number of hydrogen-bond acceptors (Lipinski definition) is 1. The van der Waals surface area contributed by atoms with Crippen molar-refractivity contribution in [3.8, 4) is 22.3 Å². The van der Waals surface area contributed by atoms with Crippen molar-refractivity contribution in [3.63, 3.8) is 0 Å². The van der Waals surface area contributed by atoms with Gasteiger partial charge in [0.15, 0.2) is 0 Å². The molecule has 0 N–H and O–H groups in total. The summed E-state index contributed by atoms with van der Waals surface area (Å²) in [5.74, 6) is 0. The van der Waals surface area contributed by atoms with Crippen LogP contribution in [0.15, 0.2) is 182 Å². The lowest BCUT2D eigenvalue weighted by Gasteiger charge is -2.28. The third kappa shape index (κ3) is 6.26. The van der Waals surface area contributed by atoms with E-state index in [2.05, 4.69) is 258 Å². The number of para-hydroxylation sites is 1. The molecule has 0 amide bonds. The number of rotatable bonds is 5. The minimum absolute atomic E-state index is 0.0232. The molecule has 0 saturated heterocycles. The van der Waals surface area contributed by atoms with Gasteiger partial charge >= 0.3 is 0 Å². The molecule has 13 aromatic rings. The molecule has 0 saturated carbocycles. The zero-order valence-electron chi connectivity index (χ0n) is 41.2. The summed E-state index contributed by atoms with van der Waals surface area (Å²) in [6.07, 6.45) is 0. The van der Waals surface area contributed by atoms with Gasteiger partial charge in [-0.05, 0) is 128 Å². The van der Waals surface area contributed by atoms with Gasteiger partial charge in [-0.15, -0.1) is 0 Å². The zero-order valence-corrected chi connectivity index (χ0v) is 41.2. The van der Waals surface area contributed by atoms with Crippen LogP contribution in [0.3, 0.4) is 0 Å². The van der Waals surface area contributed by atoms with Gasteiger partial charge in [0.1, 0.15) is 0 Å². The summed E-state index contributed by atoms with van der Waals surface area (Å²) in [4.78, 5) is 2.47. The Morgan fingerprint density at radius 2 is 0.768 bits per heavy atom. The summed E-state index contributed by atoms with van der Waals surface area (Å²) in [5, 5.41) is 10.5. The van der Waals surface area contributed by atoms with Crippen LogP contribution < -0.4 is 4.90 Å². The van der Waals surface area contributed by atoms with E-state index in [1.807, 2.05) is 0 Å². The first-order valence-corrected chi connectivity index (χ1v) is 24.7. The molecule has 4 heterocycles. The third-order valence-electron chi connectivity index (χ3n) is 15.2. The lowest BCUT2D eigenvalue weighted by molar-refractivity contribution is 0.590. The highest BCUT2D eigenvalue weighted by molar-refractivity contribution is 6.29. The maximum atomic E-state index is 2.60. The molecular formula is C66H57N3. The molecule has 0 spiro atoms. The molecule has 3 heteroatoms. The Hall–Kier alpha value is -7.62. The van der Waals surface area contributed by atoms with Crippen LogP contribution in [0.2, 0.25) is 0 Å². The molecule has 0 radical (unpaired) electrons. The fraction of sp³-hybridized carbons (Fsp3) is 0.182. The van der Waals surface area contributed by atoms with Crippen LogP contribution in [0.1, 0.15) is 79.0 Å². The van der Waals surface area contributed by atoms with Gasteiger partial charge in [0.2, 0.25) is 0 Å². The average Bonchev–Trinajstić information content (AvgIpc) is 4.06. The summed E-state index contributed by atoms with van der Waals surface area (Å²) in [7, 11) is 0. The molecule has 0 atom stereocenters. The highest BCUT2D eigenvalue weighted by Crippen LogP contribution is 2.49. The number of aromatic nitrogens is 2. The Balaban J connectivity index is 1.14. The van der Waals surface area contributed by atoms with E-state index in [0.717, 1.165) is 17.1 Å². The highest BCUT2D eigenvalue weighted by Gasteiger charge is 2.28. The Bertz CT molecular complexity index is 4150. The van der Waals surface area contributed by atoms with Crippen molar-refractivity contribution in [3.05, 3.63) is 199 Å². The lowest BCUT2D eigenvalue weighted by Crippen LogP contribution is -2.11. The normalized spacial score (nSPS) is 13.0. The summed E-state index contributed by atoms with van der Waals surface area (Å²) in [5.41, 5.74) is 19.7. The molecule has 69 heavy (non-hydrogen) atoms. The van der Waals surface area contributed by atoms with Crippen LogP contribution in [-0.4, -0.2) is 8.80 Å². The van der Waals surface area contributed by atoms with E-state index in [0.29, 0.717) is 0 Å². The van der Waals surface area contributed by atoms with Crippen LogP contribution in [0, 0.1) is 0 Å². The average molecular weight is 892 g/mol. The Labute approximate surface area is 404 Å². The second-order valence-electron chi connectivity index (χ2n) is 22.7. The molecule has 0 bridgehead atoms. The van der Waals surface area contributed by atoms with E-state index in [1.165, 1.54) is 115 Å². The van der Waals surface area contributed by atoms with E-state index in [4.69, 9.17) is 0 Å². The molecule has 0 unspecified atom stereocenters. The highest BCUT2D eigenvalue weighted by atomic mass is 15.1. The third-order valence-corrected chi connectivity index (χ3v) is 15.2. The molecular weight excluding hydrogens is 835 g/mol. The summed E-state index contributed by atoms with van der Waals surface area (Å²) in [6, 6.07) is 68.8.